The summed E-state index contributed by atoms with van der Waals surface area (Å²) in [4.78, 5) is 11.2. The number of alkyl halides is 3. The molecule has 2 aromatic rings. The van der Waals surface area contributed by atoms with Crippen LogP contribution in [-0.2, 0) is 17.4 Å². The Morgan fingerprint density at radius 2 is 1.76 bits per heavy atom. The molecule has 3 rings (SSSR count). The fraction of sp³-hybridized carbons (Fsp3) is 0.435. The molecule has 0 bridgehead atoms. The highest BCUT2D eigenvalue weighted by Gasteiger charge is 2.31. The predicted molar refractivity (Wildman–Crippen MR) is 105 cm³/mol. The minimum absolute atomic E-state index is 0.245. The van der Waals surface area contributed by atoms with Crippen LogP contribution in [0.15, 0.2) is 36.4 Å². The Kier molecular flexibility index (Phi) is 6.20. The summed E-state index contributed by atoms with van der Waals surface area (Å²) < 4.78 is 44.8. The first kappa shape index (κ1) is 21.2. The molecule has 0 heterocycles. The molecule has 29 heavy (non-hydrogen) atoms. The number of aryl methyl sites for hydroxylation is 1. The number of rotatable bonds is 5. The number of halogens is 3. The predicted octanol–water partition coefficient (Wildman–Crippen LogP) is 6.30. The van der Waals surface area contributed by atoms with E-state index in [-0.39, 0.29) is 11.8 Å². The van der Waals surface area contributed by atoms with Crippen LogP contribution in [0.5, 0.6) is 5.75 Å². The molecule has 156 valence electrons. The zero-order valence-corrected chi connectivity index (χ0v) is 16.6. The number of hydrogen-bond donors (Lipinski definition) is 1. The quantitative estimate of drug-likeness (QED) is 0.634. The van der Waals surface area contributed by atoms with Gasteiger partial charge < -0.3 is 9.84 Å². The molecule has 0 spiro atoms. The van der Waals surface area contributed by atoms with Gasteiger partial charge in [0.2, 0.25) is 0 Å². The molecule has 1 N–H and O–H groups in total. The monoisotopic (exact) mass is 406 g/mol. The van der Waals surface area contributed by atoms with Crippen molar-refractivity contribution < 1.29 is 27.8 Å². The molecule has 0 aromatic heterocycles. The van der Waals surface area contributed by atoms with Crippen molar-refractivity contribution in [2.24, 2.45) is 5.92 Å². The third kappa shape index (κ3) is 4.57. The largest absolute Gasteiger partial charge is 0.496 e. The van der Waals surface area contributed by atoms with Crippen LogP contribution in [0.2, 0.25) is 0 Å². The van der Waals surface area contributed by atoms with Crippen LogP contribution in [0.25, 0.3) is 11.1 Å². The summed E-state index contributed by atoms with van der Waals surface area (Å²) in [5, 5.41) is 9.20. The van der Waals surface area contributed by atoms with E-state index in [0.717, 1.165) is 35.6 Å². The van der Waals surface area contributed by atoms with Gasteiger partial charge >= 0.3 is 12.1 Å². The summed E-state index contributed by atoms with van der Waals surface area (Å²) in [6, 6.07) is 9.66. The maximum absolute atomic E-state index is 13.1. The van der Waals surface area contributed by atoms with E-state index in [2.05, 4.69) is 0 Å². The summed E-state index contributed by atoms with van der Waals surface area (Å²) in [6.07, 6.45) is -1.05. The molecule has 0 atom stereocenters. The van der Waals surface area contributed by atoms with E-state index < -0.39 is 17.7 Å². The van der Waals surface area contributed by atoms with Gasteiger partial charge in [0, 0.05) is 5.56 Å². The van der Waals surface area contributed by atoms with E-state index in [9.17, 15) is 23.1 Å². The molecule has 1 aliphatic carbocycles. The van der Waals surface area contributed by atoms with E-state index >= 15 is 0 Å². The van der Waals surface area contributed by atoms with Crippen molar-refractivity contribution in [2.75, 3.05) is 7.11 Å². The average molecular weight is 406 g/mol. The molecular formula is C23H25F3O3. The zero-order valence-electron chi connectivity index (χ0n) is 16.6. The summed E-state index contributed by atoms with van der Waals surface area (Å²) in [5.74, 6) is -0.168. The van der Waals surface area contributed by atoms with Crippen molar-refractivity contribution in [2.45, 2.75) is 51.1 Å². The van der Waals surface area contributed by atoms with Gasteiger partial charge in [0.15, 0.2) is 0 Å². The fourth-order valence-electron chi connectivity index (χ4n) is 4.19. The fourth-order valence-corrected chi connectivity index (χ4v) is 4.19. The minimum Gasteiger partial charge on any atom is -0.496 e. The molecule has 1 aliphatic rings. The number of methoxy groups -OCH3 is 1. The Balaban J connectivity index is 1.97. The minimum atomic E-state index is -4.38. The van der Waals surface area contributed by atoms with Crippen LogP contribution in [0.3, 0.4) is 0 Å². The van der Waals surface area contributed by atoms with Crippen LogP contribution >= 0.6 is 0 Å². The topological polar surface area (TPSA) is 46.5 Å². The Labute approximate surface area is 168 Å². The van der Waals surface area contributed by atoms with Crippen LogP contribution in [-0.4, -0.2) is 18.2 Å². The van der Waals surface area contributed by atoms with E-state index in [1.165, 1.54) is 12.1 Å². The van der Waals surface area contributed by atoms with Crippen molar-refractivity contribution in [3.05, 3.63) is 53.1 Å². The van der Waals surface area contributed by atoms with Gasteiger partial charge in [0.25, 0.3) is 0 Å². The second-order valence-corrected chi connectivity index (χ2v) is 7.57. The van der Waals surface area contributed by atoms with E-state index in [4.69, 9.17) is 4.74 Å². The maximum atomic E-state index is 13.1. The van der Waals surface area contributed by atoms with E-state index in [1.807, 2.05) is 25.1 Å². The maximum Gasteiger partial charge on any atom is 0.416 e. The van der Waals surface area contributed by atoms with Gasteiger partial charge in [-0.25, -0.2) is 0 Å². The van der Waals surface area contributed by atoms with Crippen molar-refractivity contribution >= 4 is 5.97 Å². The normalized spacial score (nSPS) is 19.8. The van der Waals surface area contributed by atoms with Gasteiger partial charge in [-0.2, -0.15) is 13.2 Å². The molecule has 6 heteroatoms. The first-order valence-electron chi connectivity index (χ1n) is 9.85. The van der Waals surface area contributed by atoms with Gasteiger partial charge in [-0.3, -0.25) is 4.79 Å². The highest BCUT2D eigenvalue weighted by Crippen LogP contribution is 2.41. The van der Waals surface area contributed by atoms with Gasteiger partial charge in [0.1, 0.15) is 5.75 Å². The zero-order chi connectivity index (χ0) is 21.2. The second kappa shape index (κ2) is 8.47. The second-order valence-electron chi connectivity index (χ2n) is 7.57. The number of aliphatic carboxylic acids is 1. The first-order chi connectivity index (χ1) is 13.7. The molecule has 1 saturated carbocycles. The lowest BCUT2D eigenvalue weighted by Gasteiger charge is -2.27. The Bertz CT molecular complexity index is 881. The summed E-state index contributed by atoms with van der Waals surface area (Å²) in [7, 11) is 1.55. The van der Waals surface area contributed by atoms with Crippen LogP contribution in [0.4, 0.5) is 13.2 Å². The number of carbonyl (C=O) groups is 1. The van der Waals surface area contributed by atoms with E-state index in [0.29, 0.717) is 30.6 Å². The van der Waals surface area contributed by atoms with Crippen LogP contribution in [0, 0.1) is 5.92 Å². The summed E-state index contributed by atoms with van der Waals surface area (Å²) in [6.45, 7) is 1.84. The summed E-state index contributed by atoms with van der Waals surface area (Å²) in [5.41, 5.74) is 2.55. The SMILES string of the molecule is CCc1cc(C(F)(F)F)ccc1-c1cc([C@H]2CC[C@H](C(=O)O)CC2)ccc1OC. The number of hydrogen-bond acceptors (Lipinski definition) is 2. The molecule has 1 fully saturated rings. The standard InChI is InChI=1S/C23H25F3O3/c1-3-14-12-18(23(24,25)26)9-10-19(14)20-13-17(8-11-21(20)29-2)15-4-6-16(7-5-15)22(27)28/h8-13,15-16H,3-7H2,1-2H3,(H,27,28)/t15-,16-. The lowest BCUT2D eigenvalue weighted by molar-refractivity contribution is -0.143. The van der Waals surface area contributed by atoms with Crippen molar-refractivity contribution in [1.29, 1.82) is 0 Å². The van der Waals surface area contributed by atoms with Gasteiger partial charge in [-0.15, -0.1) is 0 Å². The molecule has 0 radical (unpaired) electrons. The third-order valence-electron chi connectivity index (χ3n) is 5.88. The average Bonchev–Trinajstić information content (AvgIpc) is 2.72. The number of carboxylic acids is 1. The highest BCUT2D eigenvalue weighted by molar-refractivity contribution is 5.75. The summed E-state index contributed by atoms with van der Waals surface area (Å²) >= 11 is 0. The lowest BCUT2D eigenvalue weighted by atomic mass is 9.78. The van der Waals surface area contributed by atoms with Crippen molar-refractivity contribution in [3.63, 3.8) is 0 Å². The molecular weight excluding hydrogens is 381 g/mol. The Hall–Kier alpha value is -2.50. The van der Waals surface area contributed by atoms with Gasteiger partial charge in [0.05, 0.1) is 18.6 Å². The van der Waals surface area contributed by atoms with E-state index in [1.54, 1.807) is 7.11 Å². The number of carboxylic acid groups (broad SMARTS) is 1. The van der Waals surface area contributed by atoms with Crippen LogP contribution in [0.1, 0.15) is 55.2 Å². The third-order valence-corrected chi connectivity index (χ3v) is 5.88. The molecule has 0 saturated heterocycles. The first-order valence-corrected chi connectivity index (χ1v) is 9.85. The molecule has 0 unspecified atom stereocenters. The van der Waals surface area contributed by atoms with Crippen LogP contribution < -0.4 is 4.74 Å². The highest BCUT2D eigenvalue weighted by atomic mass is 19.4. The smallest absolute Gasteiger partial charge is 0.416 e. The van der Waals surface area contributed by atoms with Crippen molar-refractivity contribution in [1.82, 2.24) is 0 Å². The number of ether oxygens (including phenoxy) is 1. The molecule has 0 aliphatic heterocycles. The van der Waals surface area contributed by atoms with Crippen molar-refractivity contribution in [3.8, 4) is 16.9 Å². The molecule has 0 amide bonds. The number of benzene rings is 2. The Morgan fingerprint density at radius 1 is 1.07 bits per heavy atom. The molecule has 2 aromatic carbocycles. The molecule has 3 nitrogen and oxygen atoms in total. The Morgan fingerprint density at radius 3 is 2.31 bits per heavy atom. The van der Waals surface area contributed by atoms with Gasteiger partial charge in [-0.1, -0.05) is 19.1 Å². The van der Waals surface area contributed by atoms with Gasteiger partial charge in [-0.05, 0) is 79.0 Å². The lowest BCUT2D eigenvalue weighted by Crippen LogP contribution is -2.20.